The van der Waals surface area contributed by atoms with Gasteiger partial charge in [0.15, 0.2) is 0 Å². The summed E-state index contributed by atoms with van der Waals surface area (Å²) in [4.78, 5) is 10.7. The summed E-state index contributed by atoms with van der Waals surface area (Å²) in [6.07, 6.45) is 11.3. The van der Waals surface area contributed by atoms with Crippen LogP contribution in [0.5, 0.6) is 0 Å². The van der Waals surface area contributed by atoms with Gasteiger partial charge in [-0.1, -0.05) is 38.2 Å². The van der Waals surface area contributed by atoms with E-state index in [1.165, 1.54) is 0 Å². The maximum absolute atomic E-state index is 10.7. The zero-order chi connectivity index (χ0) is 9.23. The summed E-state index contributed by atoms with van der Waals surface area (Å²) in [5.74, 6) is 0.0243. The molecule has 0 saturated carbocycles. The Balaban J connectivity index is 0.000000561. The molecule has 0 radical (unpaired) electrons. The molecule has 0 aromatic heterocycles. The Hall–Kier alpha value is -1.31. The monoisotopic (exact) mass is 165 g/mol. The van der Waals surface area contributed by atoms with Crippen LogP contribution in [0.1, 0.15) is 20.3 Å². The molecule has 0 bridgehead atoms. The Labute approximate surface area is 73.7 Å². The highest BCUT2D eigenvalue weighted by Crippen LogP contribution is 1.88. The van der Waals surface area contributed by atoms with Gasteiger partial charge in [0.05, 0.1) is 0 Å². The largest absolute Gasteiger partial charge is 0.332 e. The van der Waals surface area contributed by atoms with Gasteiger partial charge in [-0.3, -0.25) is 4.79 Å². The molecule has 2 nitrogen and oxygen atoms in total. The van der Waals surface area contributed by atoms with Crippen LogP contribution in [-0.2, 0) is 4.79 Å². The first-order chi connectivity index (χ1) is 5.89. The van der Waals surface area contributed by atoms with E-state index >= 15 is 0 Å². The predicted molar refractivity (Wildman–Crippen MR) is 51.5 cm³/mol. The van der Waals surface area contributed by atoms with Gasteiger partial charge >= 0.3 is 0 Å². The molecule has 0 fully saturated rings. The first kappa shape index (κ1) is 10.7. The standard InChI is InChI=1S/C8H9NO.C2H6/c10-8-6-4-2-1-3-5-7-9-8;1-2/h1-5,7H,6H2,(H,9,10);1-2H3/b3-1-,4-2+,7-5+;. The normalized spacial score (nSPS) is 23.0. The van der Waals surface area contributed by atoms with Gasteiger partial charge in [0, 0.05) is 12.6 Å². The summed E-state index contributed by atoms with van der Waals surface area (Å²) in [7, 11) is 0. The molecular weight excluding hydrogens is 150 g/mol. The average molecular weight is 165 g/mol. The van der Waals surface area contributed by atoms with Crippen molar-refractivity contribution in [3.8, 4) is 0 Å². The Bertz CT molecular complexity index is 182. The maximum Gasteiger partial charge on any atom is 0.227 e. The molecule has 0 aromatic rings. The van der Waals surface area contributed by atoms with Gasteiger partial charge in [0.2, 0.25) is 5.91 Å². The fraction of sp³-hybridized carbons (Fsp3) is 0.300. The summed E-state index contributed by atoms with van der Waals surface area (Å²) in [6.45, 7) is 4.00. The second kappa shape index (κ2) is 7.79. The van der Waals surface area contributed by atoms with Crippen LogP contribution in [0.3, 0.4) is 0 Å². The highest BCUT2D eigenvalue weighted by Gasteiger charge is 1.92. The second-order valence-electron chi connectivity index (χ2n) is 1.94. The summed E-state index contributed by atoms with van der Waals surface area (Å²) < 4.78 is 0. The Morgan fingerprint density at radius 2 is 1.83 bits per heavy atom. The molecule has 1 amide bonds. The minimum Gasteiger partial charge on any atom is -0.332 e. The first-order valence-corrected chi connectivity index (χ1v) is 4.17. The van der Waals surface area contributed by atoms with Gasteiger partial charge in [-0.15, -0.1) is 0 Å². The lowest BCUT2D eigenvalue weighted by Gasteiger charge is -1.91. The Kier molecular flexibility index (Phi) is 6.94. The van der Waals surface area contributed by atoms with Gasteiger partial charge in [-0.2, -0.15) is 0 Å². The van der Waals surface area contributed by atoms with Crippen LogP contribution in [0, 0.1) is 0 Å². The van der Waals surface area contributed by atoms with Crippen molar-refractivity contribution < 1.29 is 4.79 Å². The molecule has 1 aliphatic heterocycles. The van der Waals surface area contributed by atoms with Crippen molar-refractivity contribution in [2.45, 2.75) is 20.3 Å². The molecule has 1 aliphatic rings. The molecule has 0 unspecified atom stereocenters. The fourth-order valence-corrected chi connectivity index (χ4v) is 0.637. The highest BCUT2D eigenvalue weighted by atomic mass is 16.1. The van der Waals surface area contributed by atoms with Crippen molar-refractivity contribution in [2.24, 2.45) is 0 Å². The van der Waals surface area contributed by atoms with E-state index in [0.717, 1.165) is 0 Å². The summed E-state index contributed by atoms with van der Waals surface area (Å²) in [5, 5.41) is 2.60. The van der Waals surface area contributed by atoms with Crippen molar-refractivity contribution in [1.82, 2.24) is 5.32 Å². The van der Waals surface area contributed by atoms with Crippen LogP contribution in [0.15, 0.2) is 36.6 Å². The van der Waals surface area contributed by atoms with Gasteiger partial charge in [-0.25, -0.2) is 0 Å². The molecule has 2 heteroatoms. The van der Waals surface area contributed by atoms with E-state index < -0.39 is 0 Å². The van der Waals surface area contributed by atoms with Gasteiger partial charge < -0.3 is 5.32 Å². The minimum atomic E-state index is 0.0243. The molecule has 0 saturated heterocycles. The third-order valence-corrected chi connectivity index (χ3v) is 1.11. The number of amides is 1. The van der Waals surface area contributed by atoms with Gasteiger partial charge in [0.25, 0.3) is 0 Å². The number of carbonyl (C=O) groups excluding carboxylic acids is 1. The molecule has 1 heterocycles. The predicted octanol–water partition coefficient (Wildman–Crippen LogP) is 2.16. The SMILES string of the molecule is CC.O=C1C/C=C/C=C\C=C\N1. The molecule has 66 valence electrons. The van der Waals surface area contributed by atoms with Crippen molar-refractivity contribution in [1.29, 1.82) is 0 Å². The summed E-state index contributed by atoms with van der Waals surface area (Å²) >= 11 is 0. The quantitative estimate of drug-likeness (QED) is 0.585. The van der Waals surface area contributed by atoms with Crippen molar-refractivity contribution in [2.75, 3.05) is 0 Å². The molecule has 12 heavy (non-hydrogen) atoms. The summed E-state index contributed by atoms with van der Waals surface area (Å²) in [6, 6.07) is 0. The first-order valence-electron chi connectivity index (χ1n) is 4.17. The topological polar surface area (TPSA) is 29.1 Å². The number of hydrogen-bond donors (Lipinski definition) is 1. The molecule has 1 N–H and O–H groups in total. The lowest BCUT2D eigenvalue weighted by Crippen LogP contribution is -2.14. The van der Waals surface area contributed by atoms with E-state index in [-0.39, 0.29) is 5.91 Å². The lowest BCUT2D eigenvalue weighted by atomic mass is 10.3. The second-order valence-corrected chi connectivity index (χ2v) is 1.94. The minimum absolute atomic E-state index is 0.0243. The van der Waals surface area contributed by atoms with E-state index in [9.17, 15) is 4.79 Å². The van der Waals surface area contributed by atoms with Crippen LogP contribution in [0.25, 0.3) is 0 Å². The van der Waals surface area contributed by atoms with E-state index in [4.69, 9.17) is 0 Å². The molecule has 0 spiro atoms. The van der Waals surface area contributed by atoms with E-state index in [2.05, 4.69) is 5.32 Å². The van der Waals surface area contributed by atoms with Gasteiger partial charge in [0.1, 0.15) is 0 Å². The Morgan fingerprint density at radius 1 is 1.17 bits per heavy atom. The number of hydrogen-bond acceptors (Lipinski definition) is 1. The number of allylic oxidation sites excluding steroid dienone is 4. The van der Waals surface area contributed by atoms with Crippen LogP contribution >= 0.6 is 0 Å². The van der Waals surface area contributed by atoms with E-state index in [0.29, 0.717) is 6.42 Å². The van der Waals surface area contributed by atoms with E-state index in [1.54, 1.807) is 12.3 Å². The third kappa shape index (κ3) is 5.47. The highest BCUT2D eigenvalue weighted by molar-refractivity contribution is 5.78. The maximum atomic E-state index is 10.7. The smallest absolute Gasteiger partial charge is 0.227 e. The van der Waals surface area contributed by atoms with Gasteiger partial charge in [-0.05, 0) is 6.08 Å². The van der Waals surface area contributed by atoms with Crippen molar-refractivity contribution in [3.05, 3.63) is 36.6 Å². The summed E-state index contributed by atoms with van der Waals surface area (Å²) in [5.41, 5.74) is 0. The van der Waals surface area contributed by atoms with Crippen LogP contribution in [-0.4, -0.2) is 5.91 Å². The lowest BCUT2D eigenvalue weighted by molar-refractivity contribution is -0.119. The fourth-order valence-electron chi connectivity index (χ4n) is 0.637. The zero-order valence-corrected chi connectivity index (χ0v) is 7.58. The molecule has 1 rings (SSSR count). The third-order valence-electron chi connectivity index (χ3n) is 1.11. The van der Waals surface area contributed by atoms with Crippen molar-refractivity contribution in [3.63, 3.8) is 0 Å². The van der Waals surface area contributed by atoms with E-state index in [1.807, 2.05) is 38.2 Å². The number of nitrogens with one attached hydrogen (secondary N) is 1. The molecule has 0 atom stereocenters. The van der Waals surface area contributed by atoms with Crippen LogP contribution in [0.2, 0.25) is 0 Å². The van der Waals surface area contributed by atoms with Crippen LogP contribution in [0.4, 0.5) is 0 Å². The molecule has 0 aliphatic carbocycles. The average Bonchev–Trinajstić information content (AvgIpc) is 2.22. The molecular formula is C10H15NO. The van der Waals surface area contributed by atoms with Crippen molar-refractivity contribution >= 4 is 5.91 Å². The number of rotatable bonds is 0. The zero-order valence-electron chi connectivity index (χ0n) is 7.58. The van der Waals surface area contributed by atoms with Crippen LogP contribution < -0.4 is 5.32 Å². The molecule has 0 aromatic carbocycles. The number of carbonyl (C=O) groups is 1. The Morgan fingerprint density at radius 3 is 2.58 bits per heavy atom.